The van der Waals surface area contributed by atoms with Crippen molar-refractivity contribution in [2.24, 2.45) is 65.8 Å². The number of guanidine groups is 4. The molecule has 67 heavy (non-hydrogen) atoms. The minimum Gasteiger partial charge on any atom is -0.395 e. The van der Waals surface area contributed by atoms with Gasteiger partial charge in [0.15, 0.2) is 41.7 Å². The first-order valence-corrected chi connectivity index (χ1v) is 24.0. The first-order valence-electron chi connectivity index (χ1n) is 21.5. The van der Waals surface area contributed by atoms with Crippen molar-refractivity contribution in [3.8, 4) is 0 Å². The van der Waals surface area contributed by atoms with Crippen molar-refractivity contribution in [1.82, 2.24) is 10.6 Å². The standard InChI is InChI=1S/C40H64N16O9S2/c41-37(42)53-18-25-32(61)33(62)28(56-40(47)48)36(64-25)65-34-24(55-39(45)46)17-23(54-38(43)44)31(60)35(34)63-14-16-67-66-15-12-50-8-10-52-22-6-5-21(51-9-7-49-11-13-57)26-27(22)30(59)20-4-2-1-3-19(20)29(26)58/h1-6,23-25,28,31-36,49-52,57,60-62H,7-18H2,(H4,41,42,53)(H4,43,44,54)(H4,45,46,55)(H4,47,48,56)/t23-,24+,25-,28-,31+,32-,33-,34-,35-,36-/m1/s1. The van der Waals surface area contributed by atoms with Gasteiger partial charge in [0, 0.05) is 73.3 Å². The van der Waals surface area contributed by atoms with Crippen molar-refractivity contribution in [2.45, 2.75) is 67.5 Å². The summed E-state index contributed by atoms with van der Waals surface area (Å²) in [6.45, 7) is 3.05. The topological polar surface area (TPSA) is 448 Å². The summed E-state index contributed by atoms with van der Waals surface area (Å²) in [7, 11) is 3.11. The molecule has 0 unspecified atom stereocenters. The molecular weight excluding hydrogens is 913 g/mol. The second-order valence-corrected chi connectivity index (χ2v) is 18.3. The molecule has 3 aliphatic rings. The van der Waals surface area contributed by atoms with Gasteiger partial charge in [-0.05, 0) is 18.6 Å². The van der Waals surface area contributed by atoms with E-state index in [1.54, 1.807) is 47.2 Å². The number of carbonyl (C=O) groups excluding carboxylic acids is 2. The number of rotatable bonds is 25. The maximum atomic E-state index is 13.8. The average molecular weight is 977 g/mol. The first-order chi connectivity index (χ1) is 32.1. The van der Waals surface area contributed by atoms with Gasteiger partial charge in [-0.3, -0.25) is 14.6 Å². The van der Waals surface area contributed by atoms with Crippen molar-refractivity contribution >= 4 is 68.4 Å². The number of nitrogens with two attached hydrogens (primary N) is 8. The fraction of sp³-hybridized carbons (Fsp3) is 0.550. The normalized spacial score (nSPS) is 25.6. The molecule has 0 radical (unpaired) electrons. The lowest BCUT2D eigenvalue weighted by Crippen LogP contribution is -2.63. The van der Waals surface area contributed by atoms with E-state index in [1.807, 2.05) is 0 Å². The van der Waals surface area contributed by atoms with Gasteiger partial charge in [-0.25, -0.2) is 15.0 Å². The number of aliphatic imine (C=N–C) groups is 4. The highest BCUT2D eigenvalue weighted by Gasteiger charge is 2.51. The van der Waals surface area contributed by atoms with Gasteiger partial charge in [-0.2, -0.15) is 0 Å². The van der Waals surface area contributed by atoms with Crippen LogP contribution in [0.15, 0.2) is 56.4 Å². The molecule has 0 amide bonds. The number of hydrogen-bond donors (Lipinski definition) is 16. The van der Waals surface area contributed by atoms with Gasteiger partial charge in [0.05, 0.1) is 43.0 Å². The molecule has 1 heterocycles. The predicted molar refractivity (Wildman–Crippen MR) is 260 cm³/mol. The molecule has 2 aliphatic carbocycles. The van der Waals surface area contributed by atoms with Crippen molar-refractivity contribution < 1.29 is 44.2 Å². The number of anilines is 2. The highest BCUT2D eigenvalue weighted by atomic mass is 33.1. The smallest absolute Gasteiger partial charge is 0.196 e. The van der Waals surface area contributed by atoms with E-state index in [2.05, 4.69) is 41.2 Å². The molecule has 1 saturated carbocycles. The summed E-state index contributed by atoms with van der Waals surface area (Å²) < 4.78 is 18.7. The summed E-state index contributed by atoms with van der Waals surface area (Å²) in [5, 5.41) is 55.6. The average Bonchev–Trinajstić information content (AvgIpc) is 3.28. The summed E-state index contributed by atoms with van der Waals surface area (Å²) in [4.78, 5) is 43.9. The summed E-state index contributed by atoms with van der Waals surface area (Å²) in [5.41, 5.74) is 47.9. The monoisotopic (exact) mass is 976 g/mol. The van der Waals surface area contributed by atoms with Crippen LogP contribution < -0.4 is 67.1 Å². The quantitative estimate of drug-likeness (QED) is 0.0164. The van der Waals surface area contributed by atoms with Gasteiger partial charge in [0.2, 0.25) is 0 Å². The Morgan fingerprint density at radius 1 is 0.672 bits per heavy atom. The second kappa shape index (κ2) is 25.8. The Hall–Kier alpha value is -5.20. The van der Waals surface area contributed by atoms with E-state index in [-0.39, 0.29) is 55.6 Å². The number of ketones is 2. The molecule has 1 aliphatic heterocycles. The maximum Gasteiger partial charge on any atom is 0.196 e. The SMILES string of the molecule is NC(N)=NC[C@H]1O[C@H](O[C@H]2[C@H](OCCSSCCNCCNc3ccc(NCCNCCO)c4c3C(=O)c3ccccc3C4=O)[C@@H](O)[C@H](N=C(N)N)C[C@@H]2N=C(N)N)[C@H](N=C(N)N)[C@@H](O)[C@@H]1O. The van der Waals surface area contributed by atoms with Crippen LogP contribution in [0.4, 0.5) is 11.4 Å². The summed E-state index contributed by atoms with van der Waals surface area (Å²) in [5.74, 6) is -0.580. The third kappa shape index (κ3) is 14.4. The highest BCUT2D eigenvalue weighted by molar-refractivity contribution is 8.76. The Morgan fingerprint density at radius 2 is 1.24 bits per heavy atom. The molecule has 0 bridgehead atoms. The molecule has 5 rings (SSSR count). The van der Waals surface area contributed by atoms with Crippen LogP contribution in [0.1, 0.15) is 38.3 Å². The van der Waals surface area contributed by atoms with Crippen LogP contribution in [0.3, 0.4) is 0 Å². The van der Waals surface area contributed by atoms with E-state index in [0.717, 1.165) is 0 Å². The van der Waals surface area contributed by atoms with Crippen LogP contribution >= 0.6 is 21.6 Å². The zero-order valence-corrected chi connectivity index (χ0v) is 38.4. The molecule has 2 fully saturated rings. The van der Waals surface area contributed by atoms with Crippen molar-refractivity contribution in [2.75, 3.05) is 81.2 Å². The Morgan fingerprint density at radius 3 is 1.81 bits per heavy atom. The van der Waals surface area contributed by atoms with Gasteiger partial charge in [0.25, 0.3) is 0 Å². The number of nitrogens with zero attached hydrogens (tertiary/aromatic N) is 4. The van der Waals surface area contributed by atoms with Crippen LogP contribution in [0.25, 0.3) is 0 Å². The van der Waals surface area contributed by atoms with E-state index in [4.69, 9.17) is 65.2 Å². The molecule has 24 N–H and O–H groups in total. The number of carbonyl (C=O) groups is 2. The number of aliphatic hydroxyl groups is 4. The summed E-state index contributed by atoms with van der Waals surface area (Å²) in [6.07, 6.45) is -9.44. The van der Waals surface area contributed by atoms with Crippen LogP contribution in [0.5, 0.6) is 0 Å². The Labute approximate surface area is 395 Å². The zero-order valence-electron chi connectivity index (χ0n) is 36.8. The molecule has 0 aromatic heterocycles. The van der Waals surface area contributed by atoms with E-state index in [9.17, 15) is 24.9 Å². The molecule has 2 aromatic carbocycles. The van der Waals surface area contributed by atoms with Crippen molar-refractivity contribution in [1.29, 1.82) is 0 Å². The van der Waals surface area contributed by atoms with E-state index >= 15 is 0 Å². The molecule has 370 valence electrons. The van der Waals surface area contributed by atoms with Crippen LogP contribution in [-0.2, 0) is 14.2 Å². The third-order valence-electron chi connectivity index (χ3n) is 10.8. The Balaban J connectivity index is 1.16. The van der Waals surface area contributed by atoms with Crippen molar-refractivity contribution in [3.63, 3.8) is 0 Å². The van der Waals surface area contributed by atoms with Gasteiger partial charge >= 0.3 is 0 Å². The van der Waals surface area contributed by atoms with Gasteiger partial charge < -0.3 is 102 Å². The number of benzene rings is 2. The Kier molecular flexibility index (Phi) is 20.3. The fourth-order valence-corrected chi connectivity index (χ4v) is 9.65. The van der Waals surface area contributed by atoms with Crippen LogP contribution in [0, 0.1) is 0 Å². The lowest BCUT2D eigenvalue weighted by molar-refractivity contribution is -0.290. The fourth-order valence-electron chi connectivity index (χ4n) is 7.86. The molecule has 2 aromatic rings. The zero-order chi connectivity index (χ0) is 48.6. The van der Waals surface area contributed by atoms with E-state index in [1.165, 1.54) is 10.8 Å². The van der Waals surface area contributed by atoms with Crippen LogP contribution in [0.2, 0.25) is 0 Å². The summed E-state index contributed by atoms with van der Waals surface area (Å²) in [6, 6.07) is 7.21. The highest BCUT2D eigenvalue weighted by Crippen LogP contribution is 2.37. The van der Waals surface area contributed by atoms with E-state index < -0.39 is 67.0 Å². The second-order valence-electron chi connectivity index (χ2n) is 15.6. The van der Waals surface area contributed by atoms with Gasteiger partial charge in [-0.1, -0.05) is 45.9 Å². The first kappa shape index (κ1) is 52.8. The largest absolute Gasteiger partial charge is 0.395 e. The van der Waals surface area contributed by atoms with Gasteiger partial charge in [-0.15, -0.1) is 0 Å². The molecule has 0 spiro atoms. The minimum atomic E-state index is -1.61. The Bertz CT molecular complexity index is 2090. The number of hydrogen-bond acceptors (Lipinski definition) is 19. The van der Waals surface area contributed by atoms with Gasteiger partial charge in [0.1, 0.15) is 42.7 Å². The maximum absolute atomic E-state index is 13.8. The minimum absolute atomic E-state index is 0.000570. The number of nitrogens with one attached hydrogen (secondary N) is 4. The van der Waals surface area contributed by atoms with Crippen molar-refractivity contribution in [3.05, 3.63) is 58.7 Å². The third-order valence-corrected chi connectivity index (χ3v) is 13.2. The number of aliphatic hydroxyl groups excluding tert-OH is 4. The number of ether oxygens (including phenoxy) is 3. The lowest BCUT2D eigenvalue weighted by Gasteiger charge is -2.46. The van der Waals surface area contributed by atoms with E-state index in [0.29, 0.717) is 84.4 Å². The molecule has 1 saturated heterocycles. The molecule has 27 heteroatoms. The van der Waals surface area contributed by atoms with Crippen LogP contribution in [-0.4, -0.2) is 187 Å². The molecule has 25 nitrogen and oxygen atoms in total. The lowest BCUT2D eigenvalue weighted by atomic mass is 9.82. The number of fused-ring (bicyclic) bond motifs is 2. The molecule has 10 atom stereocenters. The predicted octanol–water partition coefficient (Wildman–Crippen LogP) is -4.98. The molecular formula is C40H64N16O9S2. The summed E-state index contributed by atoms with van der Waals surface area (Å²) >= 11 is 0.